The van der Waals surface area contributed by atoms with E-state index < -0.39 is 0 Å². The largest absolute Gasteiger partial charge is 0.0616 e. The normalized spacial score (nSPS) is 10.0. The first kappa shape index (κ1) is 5.48. The summed E-state index contributed by atoms with van der Waals surface area (Å²) in [6.07, 6.45) is 0. The van der Waals surface area contributed by atoms with E-state index in [0.29, 0.717) is 0 Å². The Kier molecular flexibility index (Phi) is 1.17. The first-order valence-electron chi connectivity index (χ1n) is 3.24. The fourth-order valence-electron chi connectivity index (χ4n) is 0.992. The molecular formula is C10H6. The number of fused-ring (bicyclic) bond motifs is 1. The minimum absolute atomic E-state index is 1.06. The Labute approximate surface area is 60.5 Å². The molecule has 2 aliphatic rings. The molecule has 46 valence electrons. The van der Waals surface area contributed by atoms with E-state index in [1.165, 1.54) is 5.56 Å². The fourth-order valence-corrected chi connectivity index (χ4v) is 0.992. The Balaban J connectivity index is 2.74. The predicted octanol–water partition coefficient (Wildman–Crippen LogP) is 2.39. The van der Waals surface area contributed by atoms with Gasteiger partial charge in [0, 0.05) is 0 Å². The highest BCUT2D eigenvalue weighted by Crippen LogP contribution is 2.18. The third-order valence-corrected chi connectivity index (χ3v) is 1.49. The molecule has 0 spiro atoms. The number of rotatable bonds is 0. The Bertz CT molecular complexity index is 271. The van der Waals surface area contributed by atoms with Crippen LogP contribution >= 0.6 is 0 Å². The van der Waals surface area contributed by atoms with E-state index in [2.05, 4.69) is 18.2 Å². The van der Waals surface area contributed by atoms with Crippen molar-refractivity contribution in [3.8, 4) is 11.1 Å². The molecule has 0 saturated heterocycles. The highest BCUT2D eigenvalue weighted by atomic mass is 14.0. The van der Waals surface area contributed by atoms with Crippen LogP contribution in [0.3, 0.4) is 0 Å². The monoisotopic (exact) mass is 126 g/mol. The molecule has 0 aromatic rings. The maximum absolute atomic E-state index is 3.11. The quantitative estimate of drug-likeness (QED) is 0.508. The highest BCUT2D eigenvalue weighted by molar-refractivity contribution is 5.63. The Morgan fingerprint density at radius 2 is 1.80 bits per heavy atom. The second-order valence-electron chi connectivity index (χ2n) is 2.17. The van der Waals surface area contributed by atoms with Crippen molar-refractivity contribution >= 4 is 0 Å². The summed E-state index contributed by atoms with van der Waals surface area (Å²) < 4.78 is 0. The summed E-state index contributed by atoms with van der Waals surface area (Å²) in [4.78, 5) is 0. The molecule has 0 heterocycles. The molecule has 0 atom stereocenters. The summed E-state index contributed by atoms with van der Waals surface area (Å²) in [5.74, 6) is 0. The van der Waals surface area contributed by atoms with Crippen LogP contribution in [0, 0.1) is 12.1 Å². The average Bonchev–Trinajstić information content (AvgIpc) is 2.28. The molecule has 0 nitrogen and oxygen atoms in total. The fraction of sp³-hybridized carbons (Fsp3) is 0. The molecule has 0 heteroatoms. The molecule has 0 aromatic heterocycles. The van der Waals surface area contributed by atoms with Crippen LogP contribution in [-0.4, -0.2) is 0 Å². The van der Waals surface area contributed by atoms with Gasteiger partial charge in [-0.05, 0) is 23.3 Å². The Morgan fingerprint density at radius 3 is 2.80 bits per heavy atom. The average molecular weight is 126 g/mol. The zero-order chi connectivity index (χ0) is 6.81. The van der Waals surface area contributed by atoms with E-state index in [1.54, 1.807) is 0 Å². The summed E-state index contributed by atoms with van der Waals surface area (Å²) >= 11 is 0. The maximum Gasteiger partial charge on any atom is -0.00264 e. The SMILES string of the molecule is [c]1ccccc2cc[c]c1-2. The molecule has 0 amide bonds. The van der Waals surface area contributed by atoms with Crippen molar-refractivity contribution in [2.45, 2.75) is 0 Å². The van der Waals surface area contributed by atoms with Crippen LogP contribution in [0.5, 0.6) is 0 Å². The van der Waals surface area contributed by atoms with Gasteiger partial charge < -0.3 is 0 Å². The molecule has 10 heavy (non-hydrogen) atoms. The van der Waals surface area contributed by atoms with Crippen LogP contribution in [-0.2, 0) is 0 Å². The molecule has 0 saturated carbocycles. The molecule has 0 fully saturated rings. The first-order valence-corrected chi connectivity index (χ1v) is 3.24. The lowest BCUT2D eigenvalue weighted by Crippen LogP contribution is -1.61. The summed E-state index contributed by atoms with van der Waals surface area (Å²) in [6.45, 7) is 0. The van der Waals surface area contributed by atoms with Gasteiger partial charge in [0.1, 0.15) is 0 Å². The standard InChI is InChI=1S/C10H6/c1-2-5-9-7-4-8-10(9)6-3-1/h1-5,7H. The third-order valence-electron chi connectivity index (χ3n) is 1.49. The first-order chi connectivity index (χ1) is 4.97. The maximum atomic E-state index is 3.11. The molecule has 0 N–H and O–H groups in total. The van der Waals surface area contributed by atoms with Gasteiger partial charge in [-0.25, -0.2) is 0 Å². The van der Waals surface area contributed by atoms with Crippen LogP contribution in [0.15, 0.2) is 36.4 Å². The minimum Gasteiger partial charge on any atom is -0.0616 e. The smallest absolute Gasteiger partial charge is 0.00264 e. The molecule has 2 rings (SSSR count). The van der Waals surface area contributed by atoms with E-state index in [-0.39, 0.29) is 0 Å². The summed E-state index contributed by atoms with van der Waals surface area (Å²) in [5.41, 5.74) is 2.26. The van der Waals surface area contributed by atoms with Gasteiger partial charge in [-0.2, -0.15) is 0 Å². The molecule has 0 bridgehead atoms. The lowest BCUT2D eigenvalue weighted by Gasteiger charge is -1.84. The van der Waals surface area contributed by atoms with Crippen molar-refractivity contribution in [2.75, 3.05) is 0 Å². The summed E-state index contributed by atoms with van der Waals surface area (Å²) in [7, 11) is 0. The number of hydrogen-bond donors (Lipinski definition) is 0. The molecule has 2 aliphatic carbocycles. The highest BCUT2D eigenvalue weighted by Gasteiger charge is 1.95. The van der Waals surface area contributed by atoms with Gasteiger partial charge in [0.05, 0.1) is 0 Å². The molecule has 0 aliphatic heterocycles. The zero-order valence-electron chi connectivity index (χ0n) is 5.46. The van der Waals surface area contributed by atoms with Crippen molar-refractivity contribution in [2.24, 2.45) is 0 Å². The minimum atomic E-state index is 1.06. The lowest BCUT2D eigenvalue weighted by molar-refractivity contribution is 1.81. The molecular weight excluding hydrogens is 120 g/mol. The Morgan fingerprint density at radius 1 is 0.900 bits per heavy atom. The van der Waals surface area contributed by atoms with Gasteiger partial charge in [0.25, 0.3) is 0 Å². The molecule has 0 unspecified atom stereocenters. The topological polar surface area (TPSA) is 0 Å². The van der Waals surface area contributed by atoms with Crippen molar-refractivity contribution in [3.05, 3.63) is 48.5 Å². The van der Waals surface area contributed by atoms with Crippen LogP contribution in [0.1, 0.15) is 0 Å². The second-order valence-corrected chi connectivity index (χ2v) is 2.17. The third kappa shape index (κ3) is 0.781. The van der Waals surface area contributed by atoms with Gasteiger partial charge in [-0.1, -0.05) is 36.4 Å². The van der Waals surface area contributed by atoms with E-state index in [9.17, 15) is 0 Å². The van der Waals surface area contributed by atoms with Crippen LogP contribution < -0.4 is 0 Å². The van der Waals surface area contributed by atoms with E-state index in [4.69, 9.17) is 0 Å². The van der Waals surface area contributed by atoms with Crippen molar-refractivity contribution in [1.29, 1.82) is 0 Å². The van der Waals surface area contributed by atoms with Gasteiger partial charge >= 0.3 is 0 Å². The van der Waals surface area contributed by atoms with Crippen molar-refractivity contribution in [1.82, 2.24) is 0 Å². The van der Waals surface area contributed by atoms with Crippen molar-refractivity contribution in [3.63, 3.8) is 0 Å². The van der Waals surface area contributed by atoms with Crippen LogP contribution in [0.25, 0.3) is 11.1 Å². The summed E-state index contributed by atoms with van der Waals surface area (Å²) in [6, 6.07) is 18.1. The molecule has 2 radical (unpaired) electrons. The zero-order valence-corrected chi connectivity index (χ0v) is 5.46. The van der Waals surface area contributed by atoms with Gasteiger partial charge in [-0.3, -0.25) is 0 Å². The van der Waals surface area contributed by atoms with Crippen LogP contribution in [0.2, 0.25) is 0 Å². The summed E-state index contributed by atoms with van der Waals surface area (Å²) in [5, 5.41) is 0. The Hall–Kier alpha value is -1.30. The lowest BCUT2D eigenvalue weighted by atomic mass is 10.2. The van der Waals surface area contributed by atoms with E-state index in [0.717, 1.165) is 5.56 Å². The van der Waals surface area contributed by atoms with Crippen LogP contribution in [0.4, 0.5) is 0 Å². The van der Waals surface area contributed by atoms with E-state index in [1.807, 2.05) is 30.3 Å². The predicted molar refractivity (Wildman–Crippen MR) is 40.7 cm³/mol. The molecule has 0 aromatic carbocycles. The van der Waals surface area contributed by atoms with Gasteiger partial charge in [0.2, 0.25) is 0 Å². The van der Waals surface area contributed by atoms with Gasteiger partial charge in [-0.15, -0.1) is 0 Å². The van der Waals surface area contributed by atoms with Gasteiger partial charge in [0.15, 0.2) is 0 Å². The second kappa shape index (κ2) is 2.14. The van der Waals surface area contributed by atoms with Crippen molar-refractivity contribution < 1.29 is 0 Å². The number of hydrogen-bond acceptors (Lipinski definition) is 0. The van der Waals surface area contributed by atoms with E-state index >= 15 is 0 Å².